The Bertz CT molecular complexity index is 1250. The maximum atomic E-state index is 13.3. The van der Waals surface area contributed by atoms with E-state index in [9.17, 15) is 34.2 Å². The van der Waals surface area contributed by atoms with Crippen LogP contribution in [0.1, 0.15) is 32.3 Å². The summed E-state index contributed by atoms with van der Waals surface area (Å²) in [5.41, 5.74) is 1.51. The molecule has 1 saturated heterocycles. The molecule has 224 valence electrons. The Kier molecular flexibility index (Phi) is 11.6. The molecule has 5 atom stereocenters. The third-order valence-corrected chi connectivity index (χ3v) is 7.34. The third kappa shape index (κ3) is 8.44. The minimum absolute atomic E-state index is 0.00181. The normalized spacial score (nSPS) is 17.8. The summed E-state index contributed by atoms with van der Waals surface area (Å²) in [4.78, 5) is 66.6. The van der Waals surface area contributed by atoms with Crippen LogP contribution < -0.4 is 26.6 Å². The Hall–Kier alpha value is -3.62. The van der Waals surface area contributed by atoms with Crippen LogP contribution in [0.3, 0.4) is 0 Å². The average Bonchev–Trinajstić information content (AvgIpc) is 3.63. The number of aliphatic carboxylic acids is 1. The zero-order chi connectivity index (χ0) is 30.1. The van der Waals surface area contributed by atoms with Gasteiger partial charge in [-0.25, -0.2) is 4.79 Å². The maximum Gasteiger partial charge on any atom is 0.326 e. The van der Waals surface area contributed by atoms with Gasteiger partial charge in [0.2, 0.25) is 23.6 Å². The van der Waals surface area contributed by atoms with Gasteiger partial charge in [0, 0.05) is 29.3 Å². The van der Waals surface area contributed by atoms with Gasteiger partial charge in [0.15, 0.2) is 0 Å². The molecule has 2 aromatic rings. The number of benzene rings is 1. The predicted octanol–water partition coefficient (Wildman–Crippen LogP) is -0.936. The molecule has 4 amide bonds. The summed E-state index contributed by atoms with van der Waals surface area (Å²) in [6.45, 7) is 3.19. The number of amides is 4. The Balaban J connectivity index is 1.75. The predicted molar refractivity (Wildman–Crippen MR) is 154 cm³/mol. The number of hydrogen-bond donors (Lipinski definition) is 9. The van der Waals surface area contributed by atoms with E-state index in [2.05, 4.69) is 44.2 Å². The molecule has 0 unspecified atom stereocenters. The summed E-state index contributed by atoms with van der Waals surface area (Å²) in [6.07, 6.45) is 3.16. The second kappa shape index (κ2) is 14.8. The highest BCUT2D eigenvalue weighted by atomic mass is 32.1. The fourth-order valence-corrected chi connectivity index (χ4v) is 4.87. The lowest BCUT2D eigenvalue weighted by Gasteiger charge is -2.26. The smallest absolute Gasteiger partial charge is 0.326 e. The van der Waals surface area contributed by atoms with Gasteiger partial charge in [0.05, 0.1) is 12.6 Å². The van der Waals surface area contributed by atoms with Crippen molar-refractivity contribution in [1.29, 1.82) is 0 Å². The van der Waals surface area contributed by atoms with Gasteiger partial charge in [-0.05, 0) is 36.9 Å². The maximum absolute atomic E-state index is 13.3. The van der Waals surface area contributed by atoms with Crippen LogP contribution in [0.25, 0.3) is 10.9 Å². The molecule has 8 N–H and O–H groups in total. The summed E-state index contributed by atoms with van der Waals surface area (Å²) in [5.74, 6) is -4.41. The number of aromatic amines is 1. The molecule has 0 saturated carbocycles. The number of fused-ring (bicyclic) bond motifs is 1. The standard InChI is InChI=1S/C27H38N6O7S/c1-14(2)22(27(39)40)33-24(36)19(10-15-11-29-17-7-4-3-6-16(15)17)30-25(37)20(12-34)31-26(38)21(13-41)32-23(35)18-8-5-9-28-18/h3-4,6-7,11,14,18-22,28-29,34,41H,5,8-10,12-13H2,1-2H3,(H,30,37)(H,31,38)(H,32,35)(H,33,36)(H,39,40)/t18-,19-,20-,21-,22-/m0/s1. The summed E-state index contributed by atoms with van der Waals surface area (Å²) in [7, 11) is 0. The molecule has 3 rings (SSSR count). The molecule has 1 aliphatic rings. The molecule has 0 aliphatic carbocycles. The second-order valence-electron chi connectivity index (χ2n) is 10.3. The molecule has 13 nitrogen and oxygen atoms in total. The summed E-state index contributed by atoms with van der Waals surface area (Å²) >= 11 is 4.14. The number of carbonyl (C=O) groups excluding carboxylic acids is 4. The van der Waals surface area contributed by atoms with Crippen LogP contribution in [0.15, 0.2) is 30.5 Å². The number of para-hydroxylation sites is 1. The van der Waals surface area contributed by atoms with E-state index in [0.29, 0.717) is 18.5 Å². The number of carboxylic acid groups (broad SMARTS) is 1. The van der Waals surface area contributed by atoms with Gasteiger partial charge < -0.3 is 41.8 Å². The van der Waals surface area contributed by atoms with Crippen molar-refractivity contribution in [2.75, 3.05) is 18.9 Å². The number of carboxylic acids is 1. The van der Waals surface area contributed by atoms with Gasteiger partial charge in [-0.1, -0.05) is 32.0 Å². The van der Waals surface area contributed by atoms with E-state index in [0.717, 1.165) is 17.3 Å². The molecule has 0 spiro atoms. The Morgan fingerprint density at radius 1 is 0.976 bits per heavy atom. The number of aromatic nitrogens is 1. The fraction of sp³-hybridized carbons (Fsp3) is 0.519. The number of rotatable bonds is 14. The van der Waals surface area contributed by atoms with E-state index in [1.807, 2.05) is 24.3 Å². The van der Waals surface area contributed by atoms with Gasteiger partial charge in [0.25, 0.3) is 0 Å². The van der Waals surface area contributed by atoms with Crippen LogP contribution >= 0.6 is 12.6 Å². The molecule has 0 bridgehead atoms. The fourth-order valence-electron chi connectivity index (χ4n) is 4.61. The molecule has 2 heterocycles. The van der Waals surface area contributed by atoms with E-state index in [1.54, 1.807) is 20.0 Å². The Morgan fingerprint density at radius 3 is 2.24 bits per heavy atom. The number of hydrogen-bond acceptors (Lipinski definition) is 8. The SMILES string of the molecule is CC(C)[C@H](NC(=O)[C@H](Cc1c[nH]c2ccccc12)NC(=O)[C@H](CO)NC(=O)[C@H](CS)NC(=O)[C@@H]1CCCN1)C(=O)O. The van der Waals surface area contributed by atoms with Gasteiger partial charge in [-0.15, -0.1) is 0 Å². The molecule has 1 fully saturated rings. The van der Waals surface area contributed by atoms with Crippen LogP contribution in [0.5, 0.6) is 0 Å². The van der Waals surface area contributed by atoms with E-state index < -0.39 is 66.4 Å². The number of H-pyrrole nitrogens is 1. The summed E-state index contributed by atoms with van der Waals surface area (Å²) in [5, 5.41) is 33.4. The zero-order valence-electron chi connectivity index (χ0n) is 23.0. The lowest BCUT2D eigenvalue weighted by Crippen LogP contribution is -2.60. The van der Waals surface area contributed by atoms with Crippen LogP contribution in [0.4, 0.5) is 0 Å². The molecular formula is C27H38N6O7S. The van der Waals surface area contributed by atoms with Crippen molar-refractivity contribution in [3.8, 4) is 0 Å². The van der Waals surface area contributed by atoms with Gasteiger partial charge in [-0.3, -0.25) is 19.2 Å². The van der Waals surface area contributed by atoms with Crippen molar-refractivity contribution in [2.24, 2.45) is 5.92 Å². The van der Waals surface area contributed by atoms with E-state index >= 15 is 0 Å². The number of nitrogens with one attached hydrogen (secondary N) is 6. The zero-order valence-corrected chi connectivity index (χ0v) is 23.9. The highest BCUT2D eigenvalue weighted by molar-refractivity contribution is 7.80. The molecule has 1 aromatic carbocycles. The van der Waals surface area contributed by atoms with Crippen LogP contribution in [-0.4, -0.2) is 93.9 Å². The molecule has 1 aromatic heterocycles. The van der Waals surface area contributed by atoms with E-state index in [1.165, 1.54) is 0 Å². The highest BCUT2D eigenvalue weighted by Gasteiger charge is 2.33. The first-order valence-corrected chi connectivity index (χ1v) is 14.1. The second-order valence-corrected chi connectivity index (χ2v) is 10.7. The first-order valence-electron chi connectivity index (χ1n) is 13.5. The highest BCUT2D eigenvalue weighted by Crippen LogP contribution is 2.19. The van der Waals surface area contributed by atoms with Crippen molar-refractivity contribution < 1.29 is 34.2 Å². The summed E-state index contributed by atoms with van der Waals surface area (Å²) < 4.78 is 0. The Morgan fingerprint density at radius 2 is 1.63 bits per heavy atom. The lowest BCUT2D eigenvalue weighted by molar-refractivity contribution is -0.143. The number of aliphatic hydroxyl groups excluding tert-OH is 1. The first kappa shape index (κ1) is 31.9. The van der Waals surface area contributed by atoms with Crippen molar-refractivity contribution in [1.82, 2.24) is 31.6 Å². The number of aliphatic hydroxyl groups is 1. The number of thiol groups is 1. The van der Waals surface area contributed by atoms with Crippen molar-refractivity contribution in [2.45, 2.75) is 63.3 Å². The van der Waals surface area contributed by atoms with Crippen LogP contribution in [0.2, 0.25) is 0 Å². The largest absolute Gasteiger partial charge is 0.480 e. The number of carbonyl (C=O) groups is 5. The van der Waals surface area contributed by atoms with Gasteiger partial charge in [-0.2, -0.15) is 12.6 Å². The van der Waals surface area contributed by atoms with Crippen LogP contribution in [0, 0.1) is 5.92 Å². The third-order valence-electron chi connectivity index (χ3n) is 6.97. The van der Waals surface area contributed by atoms with Gasteiger partial charge >= 0.3 is 5.97 Å². The first-order chi connectivity index (χ1) is 19.5. The minimum atomic E-state index is -1.45. The van der Waals surface area contributed by atoms with E-state index in [4.69, 9.17) is 0 Å². The lowest BCUT2D eigenvalue weighted by atomic mass is 10.0. The van der Waals surface area contributed by atoms with Gasteiger partial charge in [0.1, 0.15) is 24.2 Å². The van der Waals surface area contributed by atoms with Crippen molar-refractivity contribution in [3.63, 3.8) is 0 Å². The monoisotopic (exact) mass is 590 g/mol. The molecule has 0 radical (unpaired) electrons. The molecule has 14 heteroatoms. The van der Waals surface area contributed by atoms with E-state index in [-0.39, 0.29) is 18.1 Å². The van der Waals surface area contributed by atoms with Crippen LogP contribution in [-0.2, 0) is 30.4 Å². The minimum Gasteiger partial charge on any atom is -0.480 e. The molecule has 1 aliphatic heterocycles. The summed E-state index contributed by atoms with van der Waals surface area (Å²) in [6, 6.07) is 1.98. The quantitative estimate of drug-likeness (QED) is 0.126. The Labute approximate surface area is 243 Å². The topological polar surface area (TPSA) is 202 Å². The van der Waals surface area contributed by atoms with Crippen molar-refractivity contribution in [3.05, 3.63) is 36.0 Å². The molecule has 41 heavy (non-hydrogen) atoms. The van der Waals surface area contributed by atoms with Crippen molar-refractivity contribution >= 4 is 53.1 Å². The molecular weight excluding hydrogens is 552 g/mol. The average molecular weight is 591 g/mol.